The van der Waals surface area contributed by atoms with E-state index in [4.69, 9.17) is 9.90 Å². The standard InChI is InChI=1S/C21H45P2.CH2O2.Rh/c1-18(2,3)22(19(4,5)6)16-14-13-15-17-23(20(7,8)9)21(10,11)12;2-1-3;/h13H,14-17H2,1-12H3;1H,(H,2,3);/q-1;;. The maximum atomic E-state index is 8.36. The van der Waals surface area contributed by atoms with E-state index < -0.39 is 0 Å². The monoisotopic (exact) mass is 508 g/mol. The SMILES string of the molecule is CC(C)(C)P(CC[CH-]CCP(C(C)(C)C)C(C)(C)C)C(C)(C)C.O=CO.[Rh]. The third-order valence-corrected chi connectivity index (χ3v) is 12.2. The van der Waals surface area contributed by atoms with Crippen LogP contribution < -0.4 is 0 Å². The molecule has 167 valence electrons. The Morgan fingerprint density at radius 2 is 0.852 bits per heavy atom. The number of carbonyl (C=O) groups is 1. The van der Waals surface area contributed by atoms with E-state index in [-0.39, 0.29) is 41.8 Å². The summed E-state index contributed by atoms with van der Waals surface area (Å²) in [5.41, 5.74) is 0. The van der Waals surface area contributed by atoms with E-state index in [0.717, 1.165) is 0 Å². The van der Waals surface area contributed by atoms with Crippen LogP contribution in [-0.2, 0) is 24.3 Å². The van der Waals surface area contributed by atoms with Crippen molar-refractivity contribution < 1.29 is 29.4 Å². The molecule has 5 heteroatoms. The molecule has 0 fully saturated rings. The van der Waals surface area contributed by atoms with Gasteiger partial charge >= 0.3 is 0 Å². The van der Waals surface area contributed by atoms with E-state index in [2.05, 4.69) is 89.5 Å². The van der Waals surface area contributed by atoms with Gasteiger partial charge in [-0.2, -0.15) is 12.8 Å². The molecular formula is C22H47O2P2Rh-. The summed E-state index contributed by atoms with van der Waals surface area (Å²) in [7, 11) is 0.108. The van der Waals surface area contributed by atoms with Crippen LogP contribution in [0, 0.1) is 6.42 Å². The fraction of sp³-hybridized carbons (Fsp3) is 0.909. The third kappa shape index (κ3) is 15.5. The smallest absolute Gasteiger partial charge is 0.290 e. The van der Waals surface area contributed by atoms with Crippen LogP contribution in [0.5, 0.6) is 0 Å². The van der Waals surface area contributed by atoms with Gasteiger partial charge in [0.15, 0.2) is 0 Å². The predicted octanol–water partition coefficient (Wildman–Crippen LogP) is 7.83. The molecule has 0 heterocycles. The zero-order valence-corrected chi connectivity index (χ0v) is 23.5. The van der Waals surface area contributed by atoms with Gasteiger partial charge < -0.3 is 11.5 Å². The average molecular weight is 508 g/mol. The van der Waals surface area contributed by atoms with Crippen molar-refractivity contribution in [1.29, 1.82) is 0 Å². The van der Waals surface area contributed by atoms with Crippen molar-refractivity contribution in [3.8, 4) is 0 Å². The van der Waals surface area contributed by atoms with Crippen molar-refractivity contribution in [3.05, 3.63) is 6.42 Å². The van der Waals surface area contributed by atoms with Gasteiger partial charge in [-0.1, -0.05) is 111 Å². The van der Waals surface area contributed by atoms with Crippen molar-refractivity contribution in [3.63, 3.8) is 0 Å². The summed E-state index contributed by atoms with van der Waals surface area (Å²) < 4.78 is 0. The number of unbranched alkanes of at least 4 members (excludes halogenated alkanes) is 2. The van der Waals surface area contributed by atoms with Crippen molar-refractivity contribution >= 4 is 22.3 Å². The second kappa shape index (κ2) is 13.3. The third-order valence-electron chi connectivity index (χ3n) is 4.35. The molecule has 0 unspecified atom stereocenters. The largest absolute Gasteiger partial charge is 0.483 e. The van der Waals surface area contributed by atoms with Gasteiger partial charge in [0, 0.05) is 19.5 Å². The van der Waals surface area contributed by atoms with Gasteiger partial charge in [0.1, 0.15) is 0 Å². The molecule has 2 nitrogen and oxygen atoms in total. The normalized spacial score (nSPS) is 13.1. The first-order valence-electron chi connectivity index (χ1n) is 9.84. The molecule has 0 aromatic rings. The molecule has 0 aliphatic heterocycles. The molecular weight excluding hydrogens is 461 g/mol. The van der Waals surface area contributed by atoms with Crippen LogP contribution >= 0.6 is 15.8 Å². The predicted molar refractivity (Wildman–Crippen MR) is 125 cm³/mol. The molecule has 0 aromatic heterocycles. The summed E-state index contributed by atoms with van der Waals surface area (Å²) in [6.45, 7) is 28.9. The summed E-state index contributed by atoms with van der Waals surface area (Å²) in [5.74, 6) is 0. The van der Waals surface area contributed by atoms with Crippen LogP contribution in [0.15, 0.2) is 0 Å². The van der Waals surface area contributed by atoms with Gasteiger partial charge in [0.25, 0.3) is 6.47 Å². The Hall–Kier alpha value is 0.953. The first-order chi connectivity index (χ1) is 11.4. The fourth-order valence-corrected chi connectivity index (χ4v) is 11.5. The molecule has 0 aliphatic carbocycles. The Balaban J connectivity index is -0.00000134. The Morgan fingerprint density at radius 3 is 1.00 bits per heavy atom. The summed E-state index contributed by atoms with van der Waals surface area (Å²) in [6.07, 6.45) is 7.99. The summed E-state index contributed by atoms with van der Waals surface area (Å²) in [5, 5.41) is 8.74. The number of carboxylic acid groups (broad SMARTS) is 1. The van der Waals surface area contributed by atoms with Crippen LogP contribution in [0.2, 0.25) is 0 Å². The van der Waals surface area contributed by atoms with Crippen molar-refractivity contribution in [2.45, 2.75) is 117 Å². The Kier molecular flexibility index (Phi) is 16.1. The van der Waals surface area contributed by atoms with Crippen molar-refractivity contribution in [2.75, 3.05) is 12.3 Å². The summed E-state index contributed by atoms with van der Waals surface area (Å²) >= 11 is 0. The average Bonchev–Trinajstić information content (AvgIpc) is 2.31. The molecule has 1 radical (unpaired) electrons. The molecule has 0 atom stereocenters. The number of hydrogen-bond donors (Lipinski definition) is 1. The molecule has 0 aliphatic rings. The molecule has 0 amide bonds. The van der Waals surface area contributed by atoms with Gasteiger partial charge in [-0.3, -0.25) is 4.79 Å². The van der Waals surface area contributed by atoms with Gasteiger partial charge in [0.05, 0.1) is 0 Å². The molecule has 27 heavy (non-hydrogen) atoms. The molecule has 0 saturated carbocycles. The Labute approximate surface area is 186 Å². The summed E-state index contributed by atoms with van der Waals surface area (Å²) in [6, 6.07) is 0. The van der Waals surface area contributed by atoms with E-state index in [1.54, 1.807) is 0 Å². The quantitative estimate of drug-likeness (QED) is 0.131. The van der Waals surface area contributed by atoms with E-state index in [9.17, 15) is 0 Å². The van der Waals surface area contributed by atoms with E-state index in [0.29, 0.717) is 20.6 Å². The first kappa shape index (κ1) is 32.6. The van der Waals surface area contributed by atoms with E-state index in [1.807, 2.05) is 0 Å². The topological polar surface area (TPSA) is 37.3 Å². The molecule has 0 aromatic carbocycles. The van der Waals surface area contributed by atoms with Crippen LogP contribution in [0.4, 0.5) is 0 Å². The minimum atomic E-state index is -0.250. The van der Waals surface area contributed by atoms with Gasteiger partial charge in [0.2, 0.25) is 0 Å². The van der Waals surface area contributed by atoms with Crippen molar-refractivity contribution in [1.82, 2.24) is 0 Å². The first-order valence-corrected chi connectivity index (χ1v) is 12.9. The number of rotatable bonds is 6. The zero-order chi connectivity index (χ0) is 21.4. The number of hydrogen-bond acceptors (Lipinski definition) is 1. The Morgan fingerprint density at radius 1 is 0.667 bits per heavy atom. The zero-order valence-electron chi connectivity index (χ0n) is 20.1. The minimum absolute atomic E-state index is 0. The van der Waals surface area contributed by atoms with E-state index >= 15 is 0 Å². The Bertz CT molecular complexity index is 323. The van der Waals surface area contributed by atoms with Crippen LogP contribution in [0.25, 0.3) is 0 Å². The second-order valence-corrected chi connectivity index (χ2v) is 18.9. The van der Waals surface area contributed by atoms with Gasteiger partial charge in [-0.25, -0.2) is 0 Å². The molecule has 0 saturated heterocycles. The maximum Gasteiger partial charge on any atom is 0.290 e. The molecule has 0 rings (SSSR count). The molecule has 0 bridgehead atoms. The van der Waals surface area contributed by atoms with E-state index in [1.165, 1.54) is 25.2 Å². The molecule has 0 spiro atoms. The maximum absolute atomic E-state index is 8.36. The van der Waals surface area contributed by atoms with Crippen LogP contribution in [0.1, 0.15) is 95.9 Å². The minimum Gasteiger partial charge on any atom is -0.483 e. The summed E-state index contributed by atoms with van der Waals surface area (Å²) in [4.78, 5) is 8.36. The van der Waals surface area contributed by atoms with Gasteiger partial charge in [-0.15, -0.1) is 0 Å². The van der Waals surface area contributed by atoms with Crippen molar-refractivity contribution in [2.24, 2.45) is 0 Å². The molecule has 1 N–H and O–H groups in total. The van der Waals surface area contributed by atoms with Crippen LogP contribution in [0.3, 0.4) is 0 Å². The fourth-order valence-electron chi connectivity index (χ4n) is 3.94. The van der Waals surface area contributed by atoms with Crippen LogP contribution in [-0.4, -0.2) is 44.5 Å². The van der Waals surface area contributed by atoms with Gasteiger partial charge in [-0.05, 0) is 20.6 Å². The second-order valence-electron chi connectivity index (χ2n) is 11.0.